The van der Waals surface area contributed by atoms with Crippen LogP contribution in [0.4, 0.5) is 0 Å². The van der Waals surface area contributed by atoms with Gasteiger partial charge in [0, 0.05) is 50.6 Å². The zero-order valence-corrected chi connectivity index (χ0v) is 12.4. The zero-order valence-electron chi connectivity index (χ0n) is 11.6. The predicted octanol–water partition coefficient (Wildman–Crippen LogP) is 1.04. The molecule has 19 heavy (non-hydrogen) atoms. The van der Waals surface area contributed by atoms with Crippen LogP contribution in [-0.4, -0.2) is 62.0 Å². The molecule has 0 radical (unpaired) electrons. The van der Waals surface area contributed by atoms with Crippen molar-refractivity contribution >= 4 is 17.2 Å². The minimum atomic E-state index is 0.284. The third-order valence-electron chi connectivity index (χ3n) is 3.57. The highest BCUT2D eigenvalue weighted by atomic mass is 32.1. The fraction of sp³-hybridized carbons (Fsp3) is 0.643. The first kappa shape index (κ1) is 14.5. The Morgan fingerprint density at radius 3 is 2.79 bits per heavy atom. The summed E-state index contributed by atoms with van der Waals surface area (Å²) in [6.45, 7) is 5.67. The van der Waals surface area contributed by atoms with Crippen LogP contribution in [0, 0.1) is 0 Å². The van der Waals surface area contributed by atoms with Gasteiger partial charge in [0.1, 0.15) is 0 Å². The van der Waals surface area contributed by atoms with Crippen LogP contribution in [0.3, 0.4) is 0 Å². The van der Waals surface area contributed by atoms with Gasteiger partial charge in [-0.1, -0.05) is 6.07 Å². The van der Waals surface area contributed by atoms with E-state index in [1.54, 1.807) is 0 Å². The van der Waals surface area contributed by atoms with E-state index in [2.05, 4.69) is 27.7 Å². The molecule has 1 aliphatic heterocycles. The second-order valence-electron chi connectivity index (χ2n) is 4.91. The summed E-state index contributed by atoms with van der Waals surface area (Å²) in [7, 11) is 1.88. The highest BCUT2D eigenvalue weighted by molar-refractivity contribution is 7.09. The van der Waals surface area contributed by atoms with Crippen LogP contribution in [0.25, 0.3) is 0 Å². The molecule has 0 spiro atoms. The largest absolute Gasteiger partial charge is 0.340 e. The summed E-state index contributed by atoms with van der Waals surface area (Å²) in [5, 5.41) is 5.16. The molecule has 106 valence electrons. The molecule has 0 atom stereocenters. The van der Waals surface area contributed by atoms with Crippen LogP contribution >= 0.6 is 11.3 Å². The average Bonchev–Trinajstić information content (AvgIpc) is 2.96. The highest BCUT2D eigenvalue weighted by Crippen LogP contribution is 2.11. The van der Waals surface area contributed by atoms with Crippen molar-refractivity contribution in [2.45, 2.75) is 12.8 Å². The predicted molar refractivity (Wildman–Crippen MR) is 79.6 cm³/mol. The Balaban J connectivity index is 1.66. The van der Waals surface area contributed by atoms with Crippen LogP contribution in [-0.2, 0) is 11.2 Å². The van der Waals surface area contributed by atoms with Gasteiger partial charge in [-0.15, -0.1) is 11.3 Å². The molecule has 1 amide bonds. The molecule has 1 saturated heterocycles. The smallest absolute Gasteiger partial charge is 0.223 e. The molecule has 1 aliphatic rings. The topological polar surface area (TPSA) is 35.6 Å². The van der Waals surface area contributed by atoms with Crippen LogP contribution < -0.4 is 5.32 Å². The van der Waals surface area contributed by atoms with Crippen molar-refractivity contribution in [3.8, 4) is 0 Å². The molecule has 4 nitrogen and oxygen atoms in total. The number of amides is 1. The van der Waals surface area contributed by atoms with Gasteiger partial charge < -0.3 is 10.2 Å². The van der Waals surface area contributed by atoms with E-state index in [1.165, 1.54) is 4.88 Å². The van der Waals surface area contributed by atoms with Gasteiger partial charge >= 0.3 is 0 Å². The van der Waals surface area contributed by atoms with Crippen molar-refractivity contribution in [3.05, 3.63) is 22.4 Å². The van der Waals surface area contributed by atoms with E-state index in [0.29, 0.717) is 6.42 Å². The fourth-order valence-electron chi connectivity index (χ4n) is 2.33. The number of rotatable bonds is 6. The van der Waals surface area contributed by atoms with E-state index in [1.807, 2.05) is 23.3 Å². The molecule has 0 bridgehead atoms. The Bertz CT molecular complexity index is 372. The third kappa shape index (κ3) is 4.60. The molecular formula is C14H23N3OS. The monoisotopic (exact) mass is 281 g/mol. The maximum atomic E-state index is 11.9. The van der Waals surface area contributed by atoms with Crippen LogP contribution in [0.1, 0.15) is 11.3 Å². The molecular weight excluding hydrogens is 258 g/mol. The van der Waals surface area contributed by atoms with E-state index < -0.39 is 0 Å². The Kier molecular flexibility index (Phi) is 5.82. The summed E-state index contributed by atoms with van der Waals surface area (Å²) in [6.07, 6.45) is 1.75. The van der Waals surface area contributed by atoms with Crippen molar-refractivity contribution in [2.24, 2.45) is 0 Å². The highest BCUT2D eigenvalue weighted by Gasteiger charge is 2.20. The van der Waals surface area contributed by atoms with Crippen molar-refractivity contribution in [3.63, 3.8) is 0 Å². The van der Waals surface area contributed by atoms with Crippen LogP contribution in [0.5, 0.6) is 0 Å². The molecule has 0 saturated carbocycles. The Hall–Kier alpha value is -0.910. The van der Waals surface area contributed by atoms with Gasteiger partial charge in [0.2, 0.25) is 5.91 Å². The third-order valence-corrected chi connectivity index (χ3v) is 4.50. The summed E-state index contributed by atoms with van der Waals surface area (Å²) in [5.41, 5.74) is 0. The summed E-state index contributed by atoms with van der Waals surface area (Å²) in [6, 6.07) is 4.31. The Labute approximate surface area is 119 Å². The number of carbonyl (C=O) groups is 1. The van der Waals surface area contributed by atoms with E-state index in [-0.39, 0.29) is 5.91 Å². The summed E-state index contributed by atoms with van der Waals surface area (Å²) >= 11 is 1.83. The summed E-state index contributed by atoms with van der Waals surface area (Å²) < 4.78 is 0. The lowest BCUT2D eigenvalue weighted by Gasteiger charge is -2.34. The van der Waals surface area contributed by atoms with Gasteiger partial charge in [-0.3, -0.25) is 9.69 Å². The first-order valence-corrected chi connectivity index (χ1v) is 7.84. The van der Waals surface area contributed by atoms with Crippen molar-refractivity contribution in [2.75, 3.05) is 46.3 Å². The number of hydrogen-bond donors (Lipinski definition) is 1. The first-order valence-electron chi connectivity index (χ1n) is 6.96. The van der Waals surface area contributed by atoms with E-state index in [0.717, 1.165) is 45.7 Å². The maximum absolute atomic E-state index is 11.9. The van der Waals surface area contributed by atoms with Crippen molar-refractivity contribution in [1.82, 2.24) is 15.1 Å². The number of nitrogens with one attached hydrogen (secondary N) is 1. The van der Waals surface area contributed by atoms with Gasteiger partial charge in [-0.25, -0.2) is 0 Å². The molecule has 5 heteroatoms. The second-order valence-corrected chi connectivity index (χ2v) is 5.94. The number of nitrogens with zero attached hydrogens (tertiary/aromatic N) is 2. The fourth-order valence-corrected chi connectivity index (χ4v) is 3.03. The molecule has 1 fully saturated rings. The number of piperazine rings is 1. The number of carbonyl (C=O) groups excluding carboxylic acids is 1. The van der Waals surface area contributed by atoms with Crippen molar-refractivity contribution in [1.29, 1.82) is 0 Å². The minimum absolute atomic E-state index is 0.284. The maximum Gasteiger partial charge on any atom is 0.223 e. The lowest BCUT2D eigenvalue weighted by molar-refractivity contribution is -0.132. The normalized spacial score (nSPS) is 16.8. The lowest BCUT2D eigenvalue weighted by atomic mass is 10.2. The lowest BCUT2D eigenvalue weighted by Crippen LogP contribution is -2.49. The van der Waals surface area contributed by atoms with Crippen molar-refractivity contribution < 1.29 is 4.79 Å². The summed E-state index contributed by atoms with van der Waals surface area (Å²) in [4.78, 5) is 17.8. The molecule has 0 aliphatic carbocycles. The van der Waals surface area contributed by atoms with Crippen LogP contribution in [0.15, 0.2) is 17.5 Å². The standard InChI is InChI=1S/C14H23N3OS/c1-15-6-4-14(18)17-10-8-16(9-11-17)7-5-13-3-2-12-19-13/h2-3,12,15H,4-11H2,1H3. The van der Waals surface area contributed by atoms with E-state index in [9.17, 15) is 4.79 Å². The molecule has 0 aromatic carbocycles. The SMILES string of the molecule is CNCCC(=O)N1CCN(CCc2cccs2)CC1. The average molecular weight is 281 g/mol. The van der Waals surface area contributed by atoms with Gasteiger partial charge in [-0.05, 0) is 24.9 Å². The molecule has 2 rings (SSSR count). The molecule has 1 aromatic rings. The minimum Gasteiger partial charge on any atom is -0.340 e. The van der Waals surface area contributed by atoms with Gasteiger partial charge in [0.15, 0.2) is 0 Å². The Morgan fingerprint density at radius 1 is 1.37 bits per heavy atom. The number of thiophene rings is 1. The van der Waals surface area contributed by atoms with E-state index in [4.69, 9.17) is 0 Å². The van der Waals surface area contributed by atoms with Gasteiger partial charge in [0.25, 0.3) is 0 Å². The van der Waals surface area contributed by atoms with Gasteiger partial charge in [-0.2, -0.15) is 0 Å². The van der Waals surface area contributed by atoms with Gasteiger partial charge in [0.05, 0.1) is 0 Å². The molecule has 0 unspecified atom stereocenters. The van der Waals surface area contributed by atoms with E-state index >= 15 is 0 Å². The number of hydrogen-bond acceptors (Lipinski definition) is 4. The van der Waals surface area contributed by atoms with Crippen LogP contribution in [0.2, 0.25) is 0 Å². The summed E-state index contributed by atoms with van der Waals surface area (Å²) in [5.74, 6) is 0.284. The Morgan fingerprint density at radius 2 is 2.16 bits per heavy atom. The second kappa shape index (κ2) is 7.62. The first-order chi connectivity index (χ1) is 9.29. The molecule has 1 N–H and O–H groups in total. The zero-order chi connectivity index (χ0) is 13.5. The molecule has 2 heterocycles. The molecule has 1 aromatic heterocycles. The quantitative estimate of drug-likeness (QED) is 0.846.